The van der Waals surface area contributed by atoms with E-state index in [1.54, 1.807) is 25.1 Å². The maximum atomic E-state index is 12.2. The number of carbonyl (C=O) groups excluding carboxylic acids is 1. The molecule has 0 saturated heterocycles. The third-order valence-electron chi connectivity index (χ3n) is 3.17. The quantitative estimate of drug-likeness (QED) is 0.754. The van der Waals surface area contributed by atoms with Crippen molar-refractivity contribution in [2.24, 2.45) is 0 Å². The summed E-state index contributed by atoms with van der Waals surface area (Å²) in [6, 6.07) is 4.99. The molecule has 0 saturated carbocycles. The van der Waals surface area contributed by atoms with Gasteiger partial charge in [0.2, 0.25) is 0 Å². The molecule has 1 aromatic carbocycles. The van der Waals surface area contributed by atoms with Crippen molar-refractivity contribution in [3.05, 3.63) is 41.0 Å². The normalized spacial score (nSPS) is 15.6. The molecule has 0 unspecified atom stereocenters. The van der Waals surface area contributed by atoms with Gasteiger partial charge in [-0.25, -0.2) is 0 Å². The topological polar surface area (TPSA) is 40.5 Å². The second-order valence-corrected chi connectivity index (χ2v) is 4.55. The predicted octanol–water partition coefficient (Wildman–Crippen LogP) is 2.49. The van der Waals surface area contributed by atoms with Crippen molar-refractivity contribution in [1.29, 1.82) is 0 Å². The highest BCUT2D eigenvalue weighted by molar-refractivity contribution is 5.94. The Labute approximate surface area is 101 Å². The molecule has 1 aliphatic rings. The van der Waals surface area contributed by atoms with Gasteiger partial charge in [-0.15, -0.1) is 0 Å². The maximum Gasteiger partial charge on any atom is 0.254 e. The highest BCUT2D eigenvalue weighted by Gasteiger charge is 2.17. The van der Waals surface area contributed by atoms with Crippen molar-refractivity contribution in [2.45, 2.75) is 20.3 Å². The number of aromatic hydroxyl groups is 1. The van der Waals surface area contributed by atoms with Crippen LogP contribution in [0.15, 0.2) is 29.8 Å². The first kappa shape index (κ1) is 11.7. The number of phenolic OH excluding ortho intramolecular Hbond substituents is 1. The van der Waals surface area contributed by atoms with Gasteiger partial charge in [0.05, 0.1) is 0 Å². The van der Waals surface area contributed by atoms with E-state index in [2.05, 4.69) is 13.0 Å². The van der Waals surface area contributed by atoms with E-state index in [1.165, 1.54) is 5.57 Å². The van der Waals surface area contributed by atoms with E-state index in [0.29, 0.717) is 12.1 Å². The number of rotatable bonds is 1. The van der Waals surface area contributed by atoms with Gasteiger partial charge < -0.3 is 10.0 Å². The molecule has 17 heavy (non-hydrogen) atoms. The highest BCUT2D eigenvalue weighted by Crippen LogP contribution is 2.19. The first-order chi connectivity index (χ1) is 8.08. The average molecular weight is 231 g/mol. The van der Waals surface area contributed by atoms with Crippen molar-refractivity contribution in [3.8, 4) is 5.75 Å². The summed E-state index contributed by atoms with van der Waals surface area (Å²) in [7, 11) is 0. The minimum atomic E-state index is 0.0388. The molecule has 1 amide bonds. The second-order valence-electron chi connectivity index (χ2n) is 4.55. The van der Waals surface area contributed by atoms with Crippen LogP contribution in [0.5, 0.6) is 5.75 Å². The van der Waals surface area contributed by atoms with Gasteiger partial charge in [-0.1, -0.05) is 11.6 Å². The molecule has 3 heteroatoms. The Balaban J connectivity index is 2.17. The average Bonchev–Trinajstić information content (AvgIpc) is 2.33. The minimum Gasteiger partial charge on any atom is -0.508 e. The van der Waals surface area contributed by atoms with Gasteiger partial charge in [-0.05, 0) is 44.0 Å². The molecule has 0 spiro atoms. The maximum absolute atomic E-state index is 12.2. The lowest BCUT2D eigenvalue weighted by Gasteiger charge is -2.25. The van der Waals surface area contributed by atoms with Gasteiger partial charge in [0.25, 0.3) is 5.91 Å². The van der Waals surface area contributed by atoms with Gasteiger partial charge in [-0.3, -0.25) is 4.79 Å². The molecule has 0 atom stereocenters. The standard InChI is InChI=1S/C14H17NO2/c1-10-5-7-15(8-6-10)14(17)12-3-4-13(16)11(2)9-12/h3-5,9,16H,6-8H2,1-2H3. The molecule has 90 valence electrons. The van der Waals surface area contributed by atoms with Crippen LogP contribution in [0, 0.1) is 6.92 Å². The van der Waals surface area contributed by atoms with Gasteiger partial charge in [-0.2, -0.15) is 0 Å². The van der Waals surface area contributed by atoms with Crippen molar-refractivity contribution < 1.29 is 9.90 Å². The second kappa shape index (κ2) is 4.62. The minimum absolute atomic E-state index is 0.0388. The molecule has 1 N–H and O–H groups in total. The summed E-state index contributed by atoms with van der Waals surface area (Å²) in [5.74, 6) is 0.271. The van der Waals surface area contributed by atoms with E-state index in [0.717, 1.165) is 18.5 Å². The van der Waals surface area contributed by atoms with E-state index < -0.39 is 0 Å². The summed E-state index contributed by atoms with van der Waals surface area (Å²) in [6.45, 7) is 5.35. The number of hydrogen-bond acceptors (Lipinski definition) is 2. The van der Waals surface area contributed by atoms with E-state index in [9.17, 15) is 9.90 Å². The van der Waals surface area contributed by atoms with E-state index in [4.69, 9.17) is 0 Å². The van der Waals surface area contributed by atoms with E-state index >= 15 is 0 Å². The van der Waals surface area contributed by atoms with Crippen molar-refractivity contribution >= 4 is 5.91 Å². The Morgan fingerprint density at radius 3 is 2.71 bits per heavy atom. The summed E-state index contributed by atoms with van der Waals surface area (Å²) >= 11 is 0. The molecular weight excluding hydrogens is 214 g/mol. The largest absolute Gasteiger partial charge is 0.508 e. The summed E-state index contributed by atoms with van der Waals surface area (Å²) < 4.78 is 0. The van der Waals surface area contributed by atoms with Crippen LogP contribution >= 0.6 is 0 Å². The molecular formula is C14H17NO2. The van der Waals surface area contributed by atoms with Gasteiger partial charge in [0.1, 0.15) is 5.75 Å². The summed E-state index contributed by atoms with van der Waals surface area (Å²) in [4.78, 5) is 14.0. The number of hydrogen-bond donors (Lipinski definition) is 1. The predicted molar refractivity (Wildman–Crippen MR) is 67.1 cm³/mol. The van der Waals surface area contributed by atoms with Crippen LogP contribution in [-0.4, -0.2) is 29.0 Å². The number of phenols is 1. The molecule has 3 nitrogen and oxygen atoms in total. The molecule has 1 heterocycles. The highest BCUT2D eigenvalue weighted by atomic mass is 16.3. The summed E-state index contributed by atoms with van der Waals surface area (Å²) in [6.07, 6.45) is 3.04. The Kier molecular flexibility index (Phi) is 3.18. The van der Waals surface area contributed by atoms with Crippen LogP contribution in [0.4, 0.5) is 0 Å². The molecule has 0 radical (unpaired) electrons. The van der Waals surface area contributed by atoms with Crippen molar-refractivity contribution in [2.75, 3.05) is 13.1 Å². The van der Waals surface area contributed by atoms with Crippen LogP contribution in [0.2, 0.25) is 0 Å². The zero-order valence-electron chi connectivity index (χ0n) is 10.2. The molecule has 1 aliphatic heterocycles. The van der Waals surface area contributed by atoms with Crippen LogP contribution in [0.25, 0.3) is 0 Å². The first-order valence-electron chi connectivity index (χ1n) is 5.82. The Morgan fingerprint density at radius 2 is 2.12 bits per heavy atom. The van der Waals surface area contributed by atoms with E-state index in [-0.39, 0.29) is 11.7 Å². The number of nitrogens with zero attached hydrogens (tertiary/aromatic N) is 1. The van der Waals surface area contributed by atoms with Gasteiger partial charge in [0, 0.05) is 18.7 Å². The third kappa shape index (κ3) is 2.49. The lowest BCUT2D eigenvalue weighted by Crippen LogP contribution is -2.34. The number of carbonyl (C=O) groups is 1. The van der Waals surface area contributed by atoms with Crippen molar-refractivity contribution in [3.63, 3.8) is 0 Å². The Morgan fingerprint density at radius 1 is 1.35 bits per heavy atom. The molecule has 0 aromatic heterocycles. The lowest BCUT2D eigenvalue weighted by atomic mass is 10.1. The Hall–Kier alpha value is -1.77. The third-order valence-corrected chi connectivity index (χ3v) is 3.17. The monoisotopic (exact) mass is 231 g/mol. The van der Waals surface area contributed by atoms with Crippen LogP contribution < -0.4 is 0 Å². The zero-order chi connectivity index (χ0) is 12.4. The fourth-order valence-corrected chi connectivity index (χ4v) is 1.93. The molecule has 0 bridgehead atoms. The summed E-state index contributed by atoms with van der Waals surface area (Å²) in [5.41, 5.74) is 2.73. The number of benzene rings is 1. The summed E-state index contributed by atoms with van der Waals surface area (Å²) in [5, 5.41) is 9.44. The van der Waals surface area contributed by atoms with Crippen LogP contribution in [0.1, 0.15) is 29.3 Å². The number of aryl methyl sites for hydroxylation is 1. The van der Waals surface area contributed by atoms with E-state index in [1.807, 2.05) is 4.90 Å². The van der Waals surface area contributed by atoms with Crippen molar-refractivity contribution in [1.82, 2.24) is 4.90 Å². The van der Waals surface area contributed by atoms with Crippen LogP contribution in [-0.2, 0) is 0 Å². The molecule has 0 aliphatic carbocycles. The lowest BCUT2D eigenvalue weighted by molar-refractivity contribution is 0.0769. The van der Waals surface area contributed by atoms with Gasteiger partial charge >= 0.3 is 0 Å². The number of amides is 1. The molecule has 2 rings (SSSR count). The van der Waals surface area contributed by atoms with Crippen LogP contribution in [0.3, 0.4) is 0 Å². The van der Waals surface area contributed by atoms with Gasteiger partial charge in [0.15, 0.2) is 0 Å². The first-order valence-corrected chi connectivity index (χ1v) is 5.82. The SMILES string of the molecule is CC1=CCN(C(=O)c2ccc(O)c(C)c2)CC1. The molecule has 1 aromatic rings. The fraction of sp³-hybridized carbons (Fsp3) is 0.357. The Bertz CT molecular complexity index is 477. The fourth-order valence-electron chi connectivity index (χ4n) is 1.93. The zero-order valence-corrected chi connectivity index (χ0v) is 10.2. The molecule has 0 fully saturated rings. The smallest absolute Gasteiger partial charge is 0.254 e.